The van der Waals surface area contributed by atoms with E-state index in [0.29, 0.717) is 6.04 Å². The van der Waals surface area contributed by atoms with Gasteiger partial charge in [-0.15, -0.1) is 0 Å². The molecular formula is C15H22N2O3. The molecule has 20 heavy (non-hydrogen) atoms. The summed E-state index contributed by atoms with van der Waals surface area (Å²) in [6, 6.07) is 4.51. The van der Waals surface area contributed by atoms with Crippen LogP contribution in [0.3, 0.4) is 0 Å². The van der Waals surface area contributed by atoms with E-state index in [2.05, 4.69) is 24.1 Å². The Kier molecular flexibility index (Phi) is 4.49. The van der Waals surface area contributed by atoms with Crippen LogP contribution in [-0.4, -0.2) is 46.2 Å². The molecule has 1 heterocycles. The van der Waals surface area contributed by atoms with E-state index < -0.39 is 0 Å². The smallest absolute Gasteiger partial charge is 0.251 e. The summed E-state index contributed by atoms with van der Waals surface area (Å²) in [5.41, 5.74) is 0.282. The van der Waals surface area contributed by atoms with E-state index in [9.17, 15) is 15.0 Å². The summed E-state index contributed by atoms with van der Waals surface area (Å²) in [6.45, 7) is 6.21. The lowest BCUT2D eigenvalue weighted by molar-refractivity contribution is 0.0885. The van der Waals surface area contributed by atoms with Gasteiger partial charge in [-0.25, -0.2) is 0 Å². The van der Waals surface area contributed by atoms with Crippen LogP contribution < -0.4 is 5.32 Å². The molecule has 0 aromatic heterocycles. The van der Waals surface area contributed by atoms with E-state index in [0.717, 1.165) is 25.9 Å². The van der Waals surface area contributed by atoms with E-state index in [1.807, 2.05) is 0 Å². The maximum absolute atomic E-state index is 12.1. The molecule has 1 atom stereocenters. The molecule has 0 unspecified atom stereocenters. The summed E-state index contributed by atoms with van der Waals surface area (Å²) in [6.07, 6.45) is 2.02. The van der Waals surface area contributed by atoms with E-state index in [4.69, 9.17) is 0 Å². The fourth-order valence-corrected chi connectivity index (χ4v) is 2.59. The molecule has 1 aliphatic rings. The van der Waals surface area contributed by atoms with E-state index in [-0.39, 0.29) is 29.0 Å². The zero-order valence-corrected chi connectivity index (χ0v) is 12.0. The number of nitrogens with zero attached hydrogens (tertiary/aromatic N) is 1. The zero-order chi connectivity index (χ0) is 14.7. The van der Waals surface area contributed by atoms with E-state index >= 15 is 0 Å². The maximum Gasteiger partial charge on any atom is 0.251 e. The van der Waals surface area contributed by atoms with Gasteiger partial charge in [0.25, 0.3) is 5.91 Å². The molecule has 0 aliphatic carbocycles. The number of rotatable bonds is 3. The van der Waals surface area contributed by atoms with Crippen molar-refractivity contribution in [2.24, 2.45) is 0 Å². The summed E-state index contributed by atoms with van der Waals surface area (Å²) >= 11 is 0. The van der Waals surface area contributed by atoms with Gasteiger partial charge in [0.15, 0.2) is 0 Å². The van der Waals surface area contributed by atoms with Gasteiger partial charge in [0, 0.05) is 30.3 Å². The molecule has 1 aliphatic heterocycles. The summed E-state index contributed by atoms with van der Waals surface area (Å²) in [7, 11) is 0. The Labute approximate surface area is 119 Å². The van der Waals surface area contributed by atoms with Crippen molar-refractivity contribution in [2.45, 2.75) is 38.8 Å². The Balaban J connectivity index is 2.00. The van der Waals surface area contributed by atoms with Gasteiger partial charge in [-0.2, -0.15) is 0 Å². The number of carbonyl (C=O) groups is 1. The highest BCUT2D eigenvalue weighted by Gasteiger charge is 2.23. The molecule has 110 valence electrons. The topological polar surface area (TPSA) is 72.8 Å². The Morgan fingerprint density at radius 3 is 2.55 bits per heavy atom. The third-order valence-corrected chi connectivity index (χ3v) is 3.68. The SMILES string of the molecule is CC(C)N1CCC[C@@H](NC(=O)c2cc(O)cc(O)c2)C1. The number of aromatic hydroxyl groups is 2. The van der Waals surface area contributed by atoms with Gasteiger partial charge in [-0.1, -0.05) is 0 Å². The monoisotopic (exact) mass is 278 g/mol. The normalized spacial score (nSPS) is 20.1. The number of amides is 1. The third-order valence-electron chi connectivity index (χ3n) is 3.68. The van der Waals surface area contributed by atoms with Crippen molar-refractivity contribution in [3.8, 4) is 11.5 Å². The number of carbonyl (C=O) groups excluding carboxylic acids is 1. The average Bonchev–Trinajstić information content (AvgIpc) is 2.37. The minimum atomic E-state index is -0.258. The lowest BCUT2D eigenvalue weighted by Crippen LogP contribution is -2.49. The minimum Gasteiger partial charge on any atom is -0.508 e. The van der Waals surface area contributed by atoms with Crippen LogP contribution in [0.1, 0.15) is 37.0 Å². The fraction of sp³-hybridized carbons (Fsp3) is 0.533. The Morgan fingerprint density at radius 2 is 1.95 bits per heavy atom. The highest BCUT2D eigenvalue weighted by atomic mass is 16.3. The number of nitrogens with one attached hydrogen (secondary N) is 1. The van der Waals surface area contributed by atoms with Gasteiger partial charge >= 0.3 is 0 Å². The fourth-order valence-electron chi connectivity index (χ4n) is 2.59. The second-order valence-electron chi connectivity index (χ2n) is 5.64. The summed E-state index contributed by atoms with van der Waals surface area (Å²) in [5.74, 6) is -0.475. The lowest BCUT2D eigenvalue weighted by atomic mass is 10.0. The molecule has 5 nitrogen and oxygen atoms in total. The van der Waals surface area contributed by atoms with Crippen LogP contribution in [0.25, 0.3) is 0 Å². The maximum atomic E-state index is 12.1. The van der Waals surface area contributed by atoms with E-state index in [1.165, 1.54) is 18.2 Å². The summed E-state index contributed by atoms with van der Waals surface area (Å²) in [5, 5.41) is 21.8. The molecule has 3 N–H and O–H groups in total. The van der Waals surface area contributed by atoms with Crippen molar-refractivity contribution < 1.29 is 15.0 Å². The highest BCUT2D eigenvalue weighted by molar-refractivity contribution is 5.95. The molecule has 0 bridgehead atoms. The number of hydrogen-bond donors (Lipinski definition) is 3. The molecule has 0 spiro atoms. The van der Waals surface area contributed by atoms with Crippen LogP contribution in [0.2, 0.25) is 0 Å². The molecular weight excluding hydrogens is 256 g/mol. The summed E-state index contributed by atoms with van der Waals surface area (Å²) in [4.78, 5) is 14.5. The van der Waals surface area contributed by atoms with Crippen molar-refractivity contribution in [2.75, 3.05) is 13.1 Å². The first-order valence-corrected chi connectivity index (χ1v) is 7.03. The van der Waals surface area contributed by atoms with Crippen molar-refractivity contribution in [3.63, 3.8) is 0 Å². The number of benzene rings is 1. The van der Waals surface area contributed by atoms with Gasteiger partial charge in [0.2, 0.25) is 0 Å². The minimum absolute atomic E-state index is 0.109. The number of phenols is 2. The average molecular weight is 278 g/mol. The second-order valence-corrected chi connectivity index (χ2v) is 5.64. The first kappa shape index (κ1) is 14.7. The molecule has 1 amide bonds. The Morgan fingerprint density at radius 1 is 1.30 bits per heavy atom. The molecule has 5 heteroatoms. The van der Waals surface area contributed by atoms with Crippen LogP contribution >= 0.6 is 0 Å². The van der Waals surface area contributed by atoms with Crippen LogP contribution in [0.15, 0.2) is 18.2 Å². The Hall–Kier alpha value is -1.75. The van der Waals surface area contributed by atoms with Crippen molar-refractivity contribution >= 4 is 5.91 Å². The molecule has 0 saturated carbocycles. The second kappa shape index (κ2) is 6.13. The molecule has 1 saturated heterocycles. The predicted octanol–water partition coefficient (Wildman–Crippen LogP) is 1.70. The molecule has 1 fully saturated rings. The number of likely N-dealkylation sites (tertiary alicyclic amines) is 1. The molecule has 1 aromatic carbocycles. The van der Waals surface area contributed by atoms with Crippen molar-refractivity contribution in [1.29, 1.82) is 0 Å². The van der Waals surface area contributed by atoms with Gasteiger partial charge < -0.3 is 15.5 Å². The van der Waals surface area contributed by atoms with Crippen LogP contribution in [-0.2, 0) is 0 Å². The van der Waals surface area contributed by atoms with Crippen LogP contribution in [0.5, 0.6) is 11.5 Å². The first-order valence-electron chi connectivity index (χ1n) is 7.03. The van der Waals surface area contributed by atoms with Crippen LogP contribution in [0, 0.1) is 0 Å². The predicted molar refractivity (Wildman–Crippen MR) is 77.0 cm³/mol. The largest absolute Gasteiger partial charge is 0.508 e. The number of hydrogen-bond acceptors (Lipinski definition) is 4. The number of phenolic OH excluding ortho intramolecular Hbond substituents is 2. The lowest BCUT2D eigenvalue weighted by Gasteiger charge is -2.35. The molecule has 1 aromatic rings. The first-order chi connectivity index (χ1) is 9.45. The third kappa shape index (κ3) is 3.63. The van der Waals surface area contributed by atoms with Gasteiger partial charge in [0.1, 0.15) is 11.5 Å². The van der Waals surface area contributed by atoms with Gasteiger partial charge in [0.05, 0.1) is 0 Å². The van der Waals surface area contributed by atoms with Crippen molar-refractivity contribution in [3.05, 3.63) is 23.8 Å². The van der Waals surface area contributed by atoms with E-state index in [1.54, 1.807) is 0 Å². The number of piperidine rings is 1. The highest BCUT2D eigenvalue weighted by Crippen LogP contribution is 2.21. The molecule has 2 rings (SSSR count). The standard InChI is InChI=1S/C15H22N2O3/c1-10(2)17-5-3-4-12(9-17)16-15(20)11-6-13(18)8-14(19)7-11/h6-8,10,12,18-19H,3-5,9H2,1-2H3,(H,16,20)/t12-/m1/s1. The quantitative estimate of drug-likeness (QED) is 0.787. The Bertz CT molecular complexity index is 468. The van der Waals surface area contributed by atoms with Gasteiger partial charge in [-0.05, 0) is 45.4 Å². The van der Waals surface area contributed by atoms with Crippen molar-refractivity contribution in [1.82, 2.24) is 10.2 Å². The van der Waals surface area contributed by atoms with Gasteiger partial charge in [-0.3, -0.25) is 9.69 Å². The van der Waals surface area contributed by atoms with Crippen LogP contribution in [0.4, 0.5) is 0 Å². The zero-order valence-electron chi connectivity index (χ0n) is 12.0. The summed E-state index contributed by atoms with van der Waals surface area (Å²) < 4.78 is 0. The molecule has 0 radical (unpaired) electrons.